The molecule has 0 spiro atoms. The molecule has 3 aromatic rings. The number of hydrogen-bond acceptors (Lipinski definition) is 3. The van der Waals surface area contributed by atoms with E-state index in [0.29, 0.717) is 16.3 Å². The smallest absolute Gasteiger partial charge is 0.257 e. The standard InChI is InChI=1S/C19H16ClN3O/c1-13-3-2-4-17(9-13)22-18-10-14(11-21-12-18)19(24)23-16-7-5-15(20)6-8-16/h2-12,22H,1H3,(H,23,24). The molecule has 2 N–H and O–H groups in total. The molecule has 0 saturated heterocycles. The molecule has 0 atom stereocenters. The highest BCUT2D eigenvalue weighted by atomic mass is 35.5. The van der Waals surface area contributed by atoms with Gasteiger partial charge in [0.2, 0.25) is 0 Å². The van der Waals surface area contributed by atoms with Crippen LogP contribution in [0, 0.1) is 6.92 Å². The van der Waals surface area contributed by atoms with Crippen molar-refractivity contribution in [3.63, 3.8) is 0 Å². The van der Waals surface area contributed by atoms with Gasteiger partial charge in [0, 0.05) is 22.6 Å². The minimum atomic E-state index is -0.224. The molecule has 0 aliphatic rings. The van der Waals surface area contributed by atoms with Crippen molar-refractivity contribution in [3.8, 4) is 0 Å². The number of halogens is 1. The lowest BCUT2D eigenvalue weighted by Gasteiger charge is -2.09. The number of aryl methyl sites for hydroxylation is 1. The Morgan fingerprint density at radius 3 is 2.50 bits per heavy atom. The van der Waals surface area contributed by atoms with E-state index < -0.39 is 0 Å². The van der Waals surface area contributed by atoms with Crippen LogP contribution in [0.2, 0.25) is 5.02 Å². The normalized spacial score (nSPS) is 10.2. The number of anilines is 3. The number of hydrogen-bond donors (Lipinski definition) is 2. The van der Waals surface area contributed by atoms with E-state index in [4.69, 9.17) is 11.6 Å². The van der Waals surface area contributed by atoms with Gasteiger partial charge in [-0.15, -0.1) is 0 Å². The zero-order valence-electron chi connectivity index (χ0n) is 13.1. The van der Waals surface area contributed by atoms with Gasteiger partial charge in [-0.25, -0.2) is 0 Å². The third-order valence-electron chi connectivity index (χ3n) is 3.41. The molecule has 1 amide bonds. The summed E-state index contributed by atoms with van der Waals surface area (Å²) in [5, 5.41) is 6.70. The third-order valence-corrected chi connectivity index (χ3v) is 3.66. The van der Waals surface area contributed by atoms with Crippen molar-refractivity contribution < 1.29 is 4.79 Å². The van der Waals surface area contributed by atoms with E-state index in [-0.39, 0.29) is 5.91 Å². The lowest BCUT2D eigenvalue weighted by molar-refractivity contribution is 0.102. The molecular weight excluding hydrogens is 322 g/mol. The molecule has 0 bridgehead atoms. The quantitative estimate of drug-likeness (QED) is 0.701. The van der Waals surface area contributed by atoms with Crippen LogP contribution in [0.4, 0.5) is 17.1 Å². The van der Waals surface area contributed by atoms with Gasteiger partial charge in [-0.2, -0.15) is 0 Å². The van der Waals surface area contributed by atoms with Crippen LogP contribution in [0.15, 0.2) is 67.0 Å². The number of amides is 1. The van der Waals surface area contributed by atoms with Gasteiger partial charge in [-0.05, 0) is 55.0 Å². The monoisotopic (exact) mass is 337 g/mol. The van der Waals surface area contributed by atoms with E-state index in [1.165, 1.54) is 6.20 Å². The highest BCUT2D eigenvalue weighted by Crippen LogP contribution is 2.19. The Bertz CT molecular complexity index is 862. The largest absolute Gasteiger partial charge is 0.354 e. The molecule has 120 valence electrons. The fraction of sp³-hybridized carbons (Fsp3) is 0.0526. The first-order valence-electron chi connectivity index (χ1n) is 7.46. The van der Waals surface area contributed by atoms with Crippen molar-refractivity contribution in [2.75, 3.05) is 10.6 Å². The molecular formula is C19H16ClN3O. The van der Waals surface area contributed by atoms with Crippen molar-refractivity contribution in [1.29, 1.82) is 0 Å². The van der Waals surface area contributed by atoms with Crippen molar-refractivity contribution >= 4 is 34.6 Å². The highest BCUT2D eigenvalue weighted by Gasteiger charge is 2.08. The summed E-state index contributed by atoms with van der Waals surface area (Å²) in [5.74, 6) is -0.224. The number of benzene rings is 2. The molecule has 2 aromatic carbocycles. The second-order valence-corrected chi connectivity index (χ2v) is 5.85. The van der Waals surface area contributed by atoms with Crippen LogP contribution >= 0.6 is 11.6 Å². The maximum Gasteiger partial charge on any atom is 0.257 e. The summed E-state index contributed by atoms with van der Waals surface area (Å²) in [7, 11) is 0. The summed E-state index contributed by atoms with van der Waals surface area (Å²) >= 11 is 5.84. The first-order chi connectivity index (χ1) is 11.6. The average molecular weight is 338 g/mol. The zero-order valence-corrected chi connectivity index (χ0v) is 13.8. The number of aromatic nitrogens is 1. The number of nitrogens with zero attached hydrogens (tertiary/aromatic N) is 1. The Labute approximate surface area is 145 Å². The lowest BCUT2D eigenvalue weighted by Crippen LogP contribution is -2.12. The number of nitrogens with one attached hydrogen (secondary N) is 2. The Morgan fingerprint density at radius 2 is 1.75 bits per heavy atom. The van der Waals surface area contributed by atoms with Crippen LogP contribution in [0.25, 0.3) is 0 Å². The van der Waals surface area contributed by atoms with Crippen LogP contribution < -0.4 is 10.6 Å². The Morgan fingerprint density at radius 1 is 0.958 bits per heavy atom. The molecule has 5 heteroatoms. The molecule has 0 aliphatic carbocycles. The first-order valence-corrected chi connectivity index (χ1v) is 7.83. The van der Waals surface area contributed by atoms with E-state index in [1.807, 2.05) is 31.2 Å². The molecule has 24 heavy (non-hydrogen) atoms. The van der Waals surface area contributed by atoms with Gasteiger partial charge in [0.05, 0.1) is 17.4 Å². The minimum Gasteiger partial charge on any atom is -0.354 e. The Hall–Kier alpha value is -2.85. The molecule has 4 nitrogen and oxygen atoms in total. The summed E-state index contributed by atoms with van der Waals surface area (Å²) in [5.41, 5.74) is 4.02. The molecule has 3 rings (SSSR count). The van der Waals surface area contributed by atoms with E-state index in [9.17, 15) is 4.79 Å². The molecule has 0 aliphatic heterocycles. The third kappa shape index (κ3) is 4.12. The molecule has 0 unspecified atom stereocenters. The van der Waals surface area contributed by atoms with Crippen LogP contribution in [0.5, 0.6) is 0 Å². The SMILES string of the molecule is Cc1cccc(Nc2cncc(C(=O)Nc3ccc(Cl)cc3)c2)c1. The van der Waals surface area contributed by atoms with Crippen molar-refractivity contribution in [3.05, 3.63) is 83.1 Å². The van der Waals surface area contributed by atoms with Gasteiger partial charge in [0.25, 0.3) is 5.91 Å². The Kier molecular flexibility index (Phi) is 4.77. The van der Waals surface area contributed by atoms with E-state index in [2.05, 4.69) is 15.6 Å². The van der Waals surface area contributed by atoms with Crippen molar-refractivity contribution in [2.45, 2.75) is 6.92 Å². The average Bonchev–Trinajstić information content (AvgIpc) is 2.57. The Balaban J connectivity index is 1.74. The fourth-order valence-electron chi connectivity index (χ4n) is 2.26. The van der Waals surface area contributed by atoms with Crippen LogP contribution in [-0.2, 0) is 0 Å². The number of carbonyl (C=O) groups excluding carboxylic acids is 1. The van der Waals surface area contributed by atoms with E-state index in [0.717, 1.165) is 16.9 Å². The second kappa shape index (κ2) is 7.15. The summed E-state index contributed by atoms with van der Waals surface area (Å²) in [6.45, 7) is 2.03. The van der Waals surface area contributed by atoms with Gasteiger partial charge >= 0.3 is 0 Å². The van der Waals surface area contributed by atoms with Gasteiger partial charge in [-0.1, -0.05) is 23.7 Å². The fourth-order valence-corrected chi connectivity index (χ4v) is 2.38. The summed E-state index contributed by atoms with van der Waals surface area (Å²) in [4.78, 5) is 16.5. The molecule has 1 heterocycles. The molecule has 1 aromatic heterocycles. The summed E-state index contributed by atoms with van der Waals surface area (Å²) in [6.07, 6.45) is 3.22. The van der Waals surface area contributed by atoms with Crippen LogP contribution in [0.3, 0.4) is 0 Å². The van der Waals surface area contributed by atoms with Gasteiger partial charge in [-0.3, -0.25) is 9.78 Å². The predicted molar refractivity (Wildman–Crippen MR) is 98.1 cm³/mol. The van der Waals surface area contributed by atoms with Crippen molar-refractivity contribution in [1.82, 2.24) is 4.98 Å². The molecule has 0 radical (unpaired) electrons. The van der Waals surface area contributed by atoms with Gasteiger partial charge < -0.3 is 10.6 Å². The molecule has 0 saturated carbocycles. The zero-order chi connectivity index (χ0) is 16.9. The minimum absolute atomic E-state index is 0.224. The van der Waals surface area contributed by atoms with Gasteiger partial charge in [0.1, 0.15) is 0 Å². The highest BCUT2D eigenvalue weighted by molar-refractivity contribution is 6.30. The topological polar surface area (TPSA) is 54.0 Å². The predicted octanol–water partition coefficient (Wildman–Crippen LogP) is 5.04. The van der Waals surface area contributed by atoms with Gasteiger partial charge in [0.15, 0.2) is 0 Å². The number of pyridine rings is 1. The number of rotatable bonds is 4. The van der Waals surface area contributed by atoms with E-state index in [1.54, 1.807) is 36.5 Å². The lowest BCUT2D eigenvalue weighted by atomic mass is 10.2. The van der Waals surface area contributed by atoms with Crippen LogP contribution in [-0.4, -0.2) is 10.9 Å². The second-order valence-electron chi connectivity index (χ2n) is 5.42. The maximum absolute atomic E-state index is 12.3. The summed E-state index contributed by atoms with van der Waals surface area (Å²) in [6, 6.07) is 16.7. The maximum atomic E-state index is 12.3. The number of carbonyl (C=O) groups is 1. The first kappa shape index (κ1) is 16.0. The summed E-state index contributed by atoms with van der Waals surface area (Å²) < 4.78 is 0. The van der Waals surface area contributed by atoms with E-state index >= 15 is 0 Å². The van der Waals surface area contributed by atoms with Crippen LogP contribution in [0.1, 0.15) is 15.9 Å². The molecule has 0 fully saturated rings. The van der Waals surface area contributed by atoms with Crippen molar-refractivity contribution in [2.24, 2.45) is 0 Å².